The van der Waals surface area contributed by atoms with Crippen LogP contribution in [0.3, 0.4) is 0 Å². The summed E-state index contributed by atoms with van der Waals surface area (Å²) >= 11 is 7.25. The molecule has 0 fully saturated rings. The van der Waals surface area contributed by atoms with Gasteiger partial charge in [-0.3, -0.25) is 4.79 Å². The van der Waals surface area contributed by atoms with Crippen LogP contribution < -0.4 is 5.32 Å². The van der Waals surface area contributed by atoms with Crippen LogP contribution in [-0.2, 0) is 0 Å². The van der Waals surface area contributed by atoms with E-state index >= 15 is 0 Å². The molecule has 4 nitrogen and oxygen atoms in total. The number of phenols is 1. The van der Waals surface area contributed by atoms with Gasteiger partial charge in [-0.1, -0.05) is 23.7 Å². The lowest BCUT2D eigenvalue weighted by molar-refractivity contribution is 0.102. The topological polar surface area (TPSA) is 62.2 Å². The van der Waals surface area contributed by atoms with Gasteiger partial charge in [-0.15, -0.1) is 11.3 Å². The van der Waals surface area contributed by atoms with Gasteiger partial charge in [0.2, 0.25) is 0 Å². The molecule has 0 atom stereocenters. The largest absolute Gasteiger partial charge is 0.508 e. The standard InChI is InChI=1S/C16H11ClN2O2S/c17-11-3-1-10(2-4-11)16-19-14(9-22-16)15(21)18-12-5-7-13(20)8-6-12/h1-9,20H,(H,18,21). The van der Waals surface area contributed by atoms with Crippen molar-refractivity contribution in [1.29, 1.82) is 0 Å². The number of nitrogens with zero attached hydrogens (tertiary/aromatic N) is 1. The molecular formula is C16H11ClN2O2S. The fourth-order valence-electron chi connectivity index (χ4n) is 1.84. The summed E-state index contributed by atoms with van der Waals surface area (Å²) in [4.78, 5) is 16.5. The molecule has 0 saturated carbocycles. The zero-order chi connectivity index (χ0) is 15.5. The molecule has 3 rings (SSSR count). The number of halogens is 1. The Labute approximate surface area is 136 Å². The number of nitrogens with one attached hydrogen (secondary N) is 1. The zero-order valence-corrected chi connectivity index (χ0v) is 12.9. The number of carbonyl (C=O) groups is 1. The van der Waals surface area contributed by atoms with Gasteiger partial charge in [0.1, 0.15) is 16.5 Å². The highest BCUT2D eigenvalue weighted by atomic mass is 35.5. The van der Waals surface area contributed by atoms with E-state index in [1.807, 2.05) is 12.1 Å². The summed E-state index contributed by atoms with van der Waals surface area (Å²) < 4.78 is 0. The molecule has 0 aliphatic rings. The number of amides is 1. The molecule has 0 bridgehead atoms. The molecule has 2 N–H and O–H groups in total. The normalized spacial score (nSPS) is 10.4. The fraction of sp³-hybridized carbons (Fsp3) is 0. The maximum absolute atomic E-state index is 12.1. The number of benzene rings is 2. The molecule has 6 heteroatoms. The third kappa shape index (κ3) is 3.27. The highest BCUT2D eigenvalue weighted by Crippen LogP contribution is 2.25. The smallest absolute Gasteiger partial charge is 0.275 e. The Bertz CT molecular complexity index is 798. The van der Waals surface area contributed by atoms with Crippen LogP contribution in [-0.4, -0.2) is 16.0 Å². The van der Waals surface area contributed by atoms with E-state index in [1.54, 1.807) is 29.6 Å². The first-order valence-corrected chi connectivity index (χ1v) is 7.69. The Morgan fingerprint density at radius 1 is 1.09 bits per heavy atom. The van der Waals surface area contributed by atoms with Gasteiger partial charge < -0.3 is 10.4 Å². The lowest BCUT2D eigenvalue weighted by atomic mass is 10.2. The Morgan fingerprint density at radius 2 is 1.77 bits per heavy atom. The minimum Gasteiger partial charge on any atom is -0.508 e. The van der Waals surface area contributed by atoms with Crippen LogP contribution in [0.15, 0.2) is 53.9 Å². The van der Waals surface area contributed by atoms with E-state index in [4.69, 9.17) is 11.6 Å². The van der Waals surface area contributed by atoms with E-state index < -0.39 is 0 Å². The molecule has 0 spiro atoms. The van der Waals surface area contributed by atoms with Crippen molar-refractivity contribution in [1.82, 2.24) is 4.98 Å². The molecule has 3 aromatic rings. The van der Waals surface area contributed by atoms with Crippen molar-refractivity contribution in [3.8, 4) is 16.3 Å². The summed E-state index contributed by atoms with van der Waals surface area (Å²) in [6, 6.07) is 13.6. The van der Waals surface area contributed by atoms with Crippen molar-refractivity contribution in [2.45, 2.75) is 0 Å². The van der Waals surface area contributed by atoms with E-state index in [0.29, 0.717) is 16.4 Å². The summed E-state index contributed by atoms with van der Waals surface area (Å²) in [5.74, 6) is -0.140. The summed E-state index contributed by atoms with van der Waals surface area (Å²) in [6.45, 7) is 0. The molecule has 1 amide bonds. The van der Waals surface area contributed by atoms with Gasteiger partial charge in [0.15, 0.2) is 0 Å². The fourth-order valence-corrected chi connectivity index (χ4v) is 2.78. The Kier molecular flexibility index (Phi) is 4.09. The van der Waals surface area contributed by atoms with Crippen LogP contribution in [0.5, 0.6) is 5.75 Å². The summed E-state index contributed by atoms with van der Waals surface area (Å²) in [5.41, 5.74) is 1.87. The molecule has 22 heavy (non-hydrogen) atoms. The second-order valence-corrected chi connectivity index (χ2v) is 5.84. The third-order valence-electron chi connectivity index (χ3n) is 2.95. The number of aromatic hydroxyl groups is 1. The van der Waals surface area contributed by atoms with Gasteiger partial charge in [-0.05, 0) is 36.4 Å². The predicted molar refractivity (Wildman–Crippen MR) is 88.6 cm³/mol. The average molecular weight is 331 g/mol. The average Bonchev–Trinajstić information content (AvgIpc) is 3.00. The monoisotopic (exact) mass is 330 g/mol. The Hall–Kier alpha value is -2.37. The van der Waals surface area contributed by atoms with Crippen molar-refractivity contribution in [2.75, 3.05) is 5.32 Å². The molecular weight excluding hydrogens is 320 g/mol. The third-order valence-corrected chi connectivity index (χ3v) is 4.10. The zero-order valence-electron chi connectivity index (χ0n) is 11.3. The number of anilines is 1. The van der Waals surface area contributed by atoms with E-state index in [-0.39, 0.29) is 11.7 Å². The van der Waals surface area contributed by atoms with Crippen molar-refractivity contribution >= 4 is 34.5 Å². The van der Waals surface area contributed by atoms with Crippen LogP contribution in [0.25, 0.3) is 10.6 Å². The first-order chi connectivity index (χ1) is 10.6. The number of rotatable bonds is 3. The Morgan fingerprint density at radius 3 is 2.45 bits per heavy atom. The maximum atomic E-state index is 12.1. The maximum Gasteiger partial charge on any atom is 0.275 e. The van der Waals surface area contributed by atoms with Crippen molar-refractivity contribution in [2.24, 2.45) is 0 Å². The second kappa shape index (κ2) is 6.17. The molecule has 110 valence electrons. The van der Waals surface area contributed by atoms with E-state index in [0.717, 1.165) is 10.6 Å². The molecule has 1 heterocycles. The quantitative estimate of drug-likeness (QED) is 0.699. The first kappa shape index (κ1) is 14.6. The molecule has 0 radical (unpaired) electrons. The molecule has 0 unspecified atom stereocenters. The summed E-state index contributed by atoms with van der Waals surface area (Å²) in [6.07, 6.45) is 0. The van der Waals surface area contributed by atoms with E-state index in [1.165, 1.54) is 23.5 Å². The number of aromatic nitrogens is 1. The van der Waals surface area contributed by atoms with Gasteiger partial charge in [0.05, 0.1) is 0 Å². The van der Waals surface area contributed by atoms with Crippen LogP contribution in [0.1, 0.15) is 10.5 Å². The van der Waals surface area contributed by atoms with Gasteiger partial charge in [-0.2, -0.15) is 0 Å². The molecule has 0 aliphatic heterocycles. The highest BCUT2D eigenvalue weighted by molar-refractivity contribution is 7.13. The number of hydrogen-bond acceptors (Lipinski definition) is 4. The Balaban J connectivity index is 1.76. The number of phenolic OH excluding ortho intramolecular Hbond substituents is 1. The number of hydrogen-bond donors (Lipinski definition) is 2. The van der Waals surface area contributed by atoms with Gasteiger partial charge in [-0.25, -0.2) is 4.98 Å². The lowest BCUT2D eigenvalue weighted by Crippen LogP contribution is -2.12. The van der Waals surface area contributed by atoms with Gasteiger partial charge >= 0.3 is 0 Å². The van der Waals surface area contributed by atoms with Gasteiger partial charge in [0.25, 0.3) is 5.91 Å². The minimum absolute atomic E-state index is 0.150. The molecule has 2 aromatic carbocycles. The van der Waals surface area contributed by atoms with Crippen LogP contribution >= 0.6 is 22.9 Å². The summed E-state index contributed by atoms with van der Waals surface area (Å²) in [5, 5.41) is 15.1. The molecule has 1 aromatic heterocycles. The SMILES string of the molecule is O=C(Nc1ccc(O)cc1)c1csc(-c2ccc(Cl)cc2)n1. The second-order valence-electron chi connectivity index (χ2n) is 4.55. The number of carbonyl (C=O) groups excluding carboxylic acids is 1. The molecule has 0 aliphatic carbocycles. The van der Waals surface area contributed by atoms with Crippen LogP contribution in [0.4, 0.5) is 5.69 Å². The van der Waals surface area contributed by atoms with Crippen molar-refractivity contribution < 1.29 is 9.90 Å². The van der Waals surface area contributed by atoms with E-state index in [2.05, 4.69) is 10.3 Å². The van der Waals surface area contributed by atoms with Gasteiger partial charge in [0, 0.05) is 21.7 Å². The van der Waals surface area contributed by atoms with E-state index in [9.17, 15) is 9.90 Å². The molecule has 0 saturated heterocycles. The lowest BCUT2D eigenvalue weighted by Gasteiger charge is -2.02. The number of thiazole rings is 1. The highest BCUT2D eigenvalue weighted by Gasteiger charge is 2.12. The van der Waals surface area contributed by atoms with Crippen LogP contribution in [0.2, 0.25) is 5.02 Å². The van der Waals surface area contributed by atoms with Crippen molar-refractivity contribution in [3.05, 3.63) is 64.6 Å². The minimum atomic E-state index is -0.290. The summed E-state index contributed by atoms with van der Waals surface area (Å²) in [7, 11) is 0. The first-order valence-electron chi connectivity index (χ1n) is 6.44. The van der Waals surface area contributed by atoms with Crippen LogP contribution in [0, 0.1) is 0 Å². The van der Waals surface area contributed by atoms with Crippen molar-refractivity contribution in [3.63, 3.8) is 0 Å². The predicted octanol–water partition coefficient (Wildman–Crippen LogP) is 4.42.